The van der Waals surface area contributed by atoms with E-state index in [0.717, 1.165) is 19.5 Å². The maximum Gasteiger partial charge on any atom is 0.226 e. The summed E-state index contributed by atoms with van der Waals surface area (Å²) in [7, 11) is 2.22. The van der Waals surface area contributed by atoms with Gasteiger partial charge in [-0.25, -0.2) is 0 Å². The maximum atomic E-state index is 12.3. The molecule has 2 N–H and O–H groups in total. The van der Waals surface area contributed by atoms with Crippen molar-refractivity contribution in [3.05, 3.63) is 0 Å². The molecule has 104 valence electrons. The average molecular weight is 253 g/mol. The van der Waals surface area contributed by atoms with E-state index in [1.54, 1.807) is 0 Å². The molecule has 4 nitrogen and oxygen atoms in total. The highest BCUT2D eigenvalue weighted by atomic mass is 16.2. The Morgan fingerprint density at radius 1 is 1.28 bits per heavy atom. The quantitative estimate of drug-likeness (QED) is 0.796. The molecule has 2 rings (SSSR count). The third-order valence-electron chi connectivity index (χ3n) is 4.84. The van der Waals surface area contributed by atoms with Crippen LogP contribution in [0.4, 0.5) is 0 Å². The van der Waals surface area contributed by atoms with Crippen molar-refractivity contribution in [3.8, 4) is 0 Å². The Bertz CT molecular complexity index is 305. The summed E-state index contributed by atoms with van der Waals surface area (Å²) in [6, 6.07) is 0.637. The molecule has 0 aromatic rings. The van der Waals surface area contributed by atoms with Crippen LogP contribution in [0.25, 0.3) is 0 Å². The Labute approximate surface area is 110 Å². The monoisotopic (exact) mass is 253 g/mol. The predicted molar refractivity (Wildman–Crippen MR) is 73.2 cm³/mol. The highest BCUT2D eigenvalue weighted by Gasteiger charge is 2.36. The highest BCUT2D eigenvalue weighted by molar-refractivity contribution is 5.79. The van der Waals surface area contributed by atoms with E-state index in [9.17, 15) is 4.79 Å². The van der Waals surface area contributed by atoms with Crippen LogP contribution in [0.3, 0.4) is 0 Å². The zero-order valence-corrected chi connectivity index (χ0v) is 11.9. The third-order valence-corrected chi connectivity index (χ3v) is 4.84. The van der Waals surface area contributed by atoms with Crippen LogP contribution < -0.4 is 5.73 Å². The Kier molecular flexibility index (Phi) is 4.28. The number of carbonyl (C=O) groups is 1. The molecule has 0 spiro atoms. The van der Waals surface area contributed by atoms with Gasteiger partial charge < -0.3 is 15.5 Å². The number of piperidine rings is 2. The van der Waals surface area contributed by atoms with E-state index in [2.05, 4.69) is 11.9 Å². The fourth-order valence-electron chi connectivity index (χ4n) is 3.37. The van der Waals surface area contributed by atoms with Gasteiger partial charge in [0.15, 0.2) is 0 Å². The molecule has 2 fully saturated rings. The molecule has 0 saturated carbocycles. The maximum absolute atomic E-state index is 12.3. The molecule has 2 heterocycles. The highest BCUT2D eigenvalue weighted by Crippen LogP contribution is 2.30. The third kappa shape index (κ3) is 2.69. The zero-order valence-electron chi connectivity index (χ0n) is 11.9. The van der Waals surface area contributed by atoms with Crippen molar-refractivity contribution in [2.24, 2.45) is 17.6 Å². The molecule has 0 aromatic carbocycles. The van der Waals surface area contributed by atoms with E-state index in [1.807, 2.05) is 18.7 Å². The van der Waals surface area contributed by atoms with Gasteiger partial charge in [-0.15, -0.1) is 0 Å². The van der Waals surface area contributed by atoms with Crippen LogP contribution in [0, 0.1) is 11.8 Å². The van der Waals surface area contributed by atoms with Gasteiger partial charge in [0.05, 0.1) is 5.92 Å². The fourth-order valence-corrected chi connectivity index (χ4v) is 3.37. The molecule has 4 atom stereocenters. The number of hydrogen-bond acceptors (Lipinski definition) is 3. The van der Waals surface area contributed by atoms with E-state index in [-0.39, 0.29) is 17.9 Å². The van der Waals surface area contributed by atoms with Gasteiger partial charge in [0.25, 0.3) is 0 Å². The number of likely N-dealkylation sites (tertiary alicyclic amines) is 2. The molecule has 4 unspecified atom stereocenters. The summed E-state index contributed by atoms with van der Waals surface area (Å²) in [4.78, 5) is 16.9. The number of carbonyl (C=O) groups excluding carboxylic acids is 1. The minimum absolute atomic E-state index is 0.0516. The molecule has 0 aromatic heterocycles. The van der Waals surface area contributed by atoms with Crippen molar-refractivity contribution in [1.29, 1.82) is 0 Å². The lowest BCUT2D eigenvalue weighted by Crippen LogP contribution is -2.55. The molecule has 2 aliphatic heterocycles. The van der Waals surface area contributed by atoms with Gasteiger partial charge in [-0.05, 0) is 45.7 Å². The molecule has 1 amide bonds. The van der Waals surface area contributed by atoms with Gasteiger partial charge in [0.2, 0.25) is 5.91 Å². The fraction of sp³-hybridized carbons (Fsp3) is 0.929. The van der Waals surface area contributed by atoms with E-state index in [4.69, 9.17) is 5.73 Å². The molecule has 0 aliphatic carbocycles. The van der Waals surface area contributed by atoms with Crippen molar-refractivity contribution < 1.29 is 4.79 Å². The van der Waals surface area contributed by atoms with E-state index < -0.39 is 0 Å². The average Bonchev–Trinajstić information content (AvgIpc) is 2.36. The molecular formula is C14H27N3O. The predicted octanol–water partition coefficient (Wildman–Crippen LogP) is 0.912. The topological polar surface area (TPSA) is 49.6 Å². The molecule has 0 radical (unpaired) electrons. The standard InChI is InChI=1S/C14H27N3O/c1-10(11(2)15)14(18)17-8-6-13-12(9-17)5-4-7-16(13)3/h10-13H,4-9,15H2,1-3H3. The summed E-state index contributed by atoms with van der Waals surface area (Å²) < 4.78 is 0. The Morgan fingerprint density at radius 3 is 2.67 bits per heavy atom. The minimum atomic E-state index is -0.0529. The summed E-state index contributed by atoms with van der Waals surface area (Å²) in [5.74, 6) is 0.862. The van der Waals surface area contributed by atoms with Crippen molar-refractivity contribution in [3.63, 3.8) is 0 Å². The van der Waals surface area contributed by atoms with E-state index in [0.29, 0.717) is 12.0 Å². The number of rotatable bonds is 2. The Hall–Kier alpha value is -0.610. The van der Waals surface area contributed by atoms with Crippen molar-refractivity contribution in [2.75, 3.05) is 26.7 Å². The lowest BCUT2D eigenvalue weighted by molar-refractivity contribution is -0.139. The molecule has 2 saturated heterocycles. The normalized spacial score (nSPS) is 32.8. The number of nitrogens with zero attached hydrogens (tertiary/aromatic N) is 2. The minimum Gasteiger partial charge on any atom is -0.342 e. The van der Waals surface area contributed by atoms with Crippen molar-refractivity contribution in [2.45, 2.75) is 45.2 Å². The number of hydrogen-bond donors (Lipinski definition) is 1. The first-order valence-corrected chi connectivity index (χ1v) is 7.25. The molecule has 18 heavy (non-hydrogen) atoms. The molecule has 4 heteroatoms. The van der Waals surface area contributed by atoms with Gasteiger partial charge in [-0.3, -0.25) is 4.79 Å². The van der Waals surface area contributed by atoms with Crippen molar-refractivity contribution >= 4 is 5.91 Å². The summed E-state index contributed by atoms with van der Waals surface area (Å²) in [5, 5.41) is 0. The first-order valence-electron chi connectivity index (χ1n) is 7.25. The summed E-state index contributed by atoms with van der Waals surface area (Å²) >= 11 is 0. The second-order valence-corrected chi connectivity index (χ2v) is 6.17. The van der Waals surface area contributed by atoms with Crippen LogP contribution in [0.5, 0.6) is 0 Å². The summed E-state index contributed by atoms with van der Waals surface area (Å²) in [5.41, 5.74) is 5.84. The summed E-state index contributed by atoms with van der Waals surface area (Å²) in [6.07, 6.45) is 3.66. The van der Waals surface area contributed by atoms with Gasteiger partial charge in [0, 0.05) is 25.2 Å². The second kappa shape index (κ2) is 5.57. The SMILES string of the molecule is CC(N)C(C)C(=O)N1CCC2C(CCCN2C)C1. The van der Waals surface area contributed by atoms with Gasteiger partial charge >= 0.3 is 0 Å². The molecule has 2 aliphatic rings. The Balaban J connectivity index is 1.96. The molecule has 0 bridgehead atoms. The van der Waals surface area contributed by atoms with Crippen LogP contribution >= 0.6 is 0 Å². The zero-order chi connectivity index (χ0) is 13.3. The van der Waals surface area contributed by atoms with Crippen LogP contribution in [0.2, 0.25) is 0 Å². The first kappa shape index (κ1) is 13.8. The van der Waals surface area contributed by atoms with Crippen LogP contribution in [-0.2, 0) is 4.79 Å². The number of fused-ring (bicyclic) bond motifs is 1. The Morgan fingerprint density at radius 2 is 2.00 bits per heavy atom. The lowest BCUT2D eigenvalue weighted by Gasteiger charge is -2.46. The first-order chi connectivity index (χ1) is 8.50. The van der Waals surface area contributed by atoms with Gasteiger partial charge in [-0.1, -0.05) is 6.92 Å². The smallest absolute Gasteiger partial charge is 0.226 e. The van der Waals surface area contributed by atoms with Crippen LogP contribution in [-0.4, -0.2) is 54.5 Å². The number of nitrogens with two attached hydrogens (primary N) is 1. The second-order valence-electron chi connectivity index (χ2n) is 6.17. The van der Waals surface area contributed by atoms with E-state index >= 15 is 0 Å². The molecular weight excluding hydrogens is 226 g/mol. The van der Waals surface area contributed by atoms with Gasteiger partial charge in [-0.2, -0.15) is 0 Å². The van der Waals surface area contributed by atoms with Crippen molar-refractivity contribution in [1.82, 2.24) is 9.80 Å². The summed E-state index contributed by atoms with van der Waals surface area (Å²) in [6.45, 7) is 6.92. The largest absolute Gasteiger partial charge is 0.342 e. The van der Waals surface area contributed by atoms with Crippen LogP contribution in [0.15, 0.2) is 0 Å². The van der Waals surface area contributed by atoms with E-state index in [1.165, 1.54) is 19.4 Å². The van der Waals surface area contributed by atoms with Gasteiger partial charge in [0.1, 0.15) is 0 Å². The number of amides is 1. The lowest BCUT2D eigenvalue weighted by atomic mass is 9.83. The van der Waals surface area contributed by atoms with Crippen LogP contribution in [0.1, 0.15) is 33.1 Å².